The number of hydrogen-bond donors (Lipinski definition) is 3. The van der Waals surface area contributed by atoms with E-state index in [4.69, 9.17) is 5.73 Å². The topological polar surface area (TPSA) is 110 Å². The first kappa shape index (κ1) is 20.0. The van der Waals surface area contributed by atoms with Crippen molar-refractivity contribution in [3.8, 4) is 0 Å². The second-order valence-electron chi connectivity index (χ2n) is 7.41. The molecule has 2 heterocycles. The van der Waals surface area contributed by atoms with Crippen molar-refractivity contribution in [2.45, 2.75) is 39.5 Å². The van der Waals surface area contributed by atoms with Gasteiger partial charge in [-0.25, -0.2) is 9.97 Å². The number of thiophene rings is 1. The van der Waals surface area contributed by atoms with Crippen LogP contribution in [0.5, 0.6) is 0 Å². The summed E-state index contributed by atoms with van der Waals surface area (Å²) >= 11 is 1.45. The summed E-state index contributed by atoms with van der Waals surface area (Å²) in [5.41, 5.74) is 9.97. The zero-order valence-corrected chi connectivity index (χ0v) is 17.7. The summed E-state index contributed by atoms with van der Waals surface area (Å²) in [6.45, 7) is 3.81. The van der Waals surface area contributed by atoms with Crippen LogP contribution in [-0.2, 0) is 12.8 Å². The molecule has 3 aromatic rings. The fourth-order valence-electron chi connectivity index (χ4n) is 3.74. The number of rotatable bonds is 5. The van der Waals surface area contributed by atoms with Crippen molar-refractivity contribution in [1.82, 2.24) is 9.97 Å². The van der Waals surface area contributed by atoms with Gasteiger partial charge < -0.3 is 16.4 Å². The van der Waals surface area contributed by atoms with E-state index in [1.165, 1.54) is 11.3 Å². The molecule has 4 N–H and O–H groups in total. The monoisotopic (exact) mass is 421 g/mol. The van der Waals surface area contributed by atoms with Crippen LogP contribution in [0.1, 0.15) is 55.4 Å². The van der Waals surface area contributed by atoms with Crippen molar-refractivity contribution < 1.29 is 9.59 Å². The molecule has 154 valence electrons. The quantitative estimate of drug-likeness (QED) is 0.574. The average Bonchev–Trinajstić information content (AvgIpc) is 3.05. The summed E-state index contributed by atoms with van der Waals surface area (Å²) in [5.74, 6) is -0.305. The molecule has 1 aromatic carbocycles. The molecule has 0 aliphatic heterocycles. The molecule has 0 saturated heterocycles. The van der Waals surface area contributed by atoms with E-state index < -0.39 is 5.91 Å². The predicted octanol–water partition coefficient (Wildman–Crippen LogP) is 4.13. The summed E-state index contributed by atoms with van der Waals surface area (Å²) < 4.78 is 0. The van der Waals surface area contributed by atoms with Gasteiger partial charge in [-0.05, 0) is 69.4 Å². The average molecular weight is 422 g/mol. The van der Waals surface area contributed by atoms with Crippen LogP contribution < -0.4 is 16.4 Å². The maximum Gasteiger partial charge on any atom is 0.256 e. The van der Waals surface area contributed by atoms with Crippen LogP contribution in [0.3, 0.4) is 0 Å². The Labute approximate surface area is 178 Å². The van der Waals surface area contributed by atoms with E-state index in [9.17, 15) is 9.59 Å². The number of nitrogens with zero attached hydrogens (tertiary/aromatic N) is 2. The molecule has 2 aromatic heterocycles. The molecule has 0 bridgehead atoms. The Balaban J connectivity index is 1.57. The molecule has 30 heavy (non-hydrogen) atoms. The van der Waals surface area contributed by atoms with Crippen molar-refractivity contribution in [3.63, 3.8) is 0 Å². The van der Waals surface area contributed by atoms with Gasteiger partial charge in [0.2, 0.25) is 5.95 Å². The number of aromatic nitrogens is 2. The summed E-state index contributed by atoms with van der Waals surface area (Å²) in [5, 5.41) is 6.57. The maximum absolute atomic E-state index is 12.9. The highest BCUT2D eigenvalue weighted by Gasteiger charge is 2.25. The smallest absolute Gasteiger partial charge is 0.256 e. The highest BCUT2D eigenvalue weighted by Crippen LogP contribution is 2.38. The molecule has 0 saturated carbocycles. The first-order chi connectivity index (χ1) is 14.4. The van der Waals surface area contributed by atoms with Crippen molar-refractivity contribution in [3.05, 3.63) is 63.3 Å². The molecule has 0 fully saturated rings. The van der Waals surface area contributed by atoms with Crippen molar-refractivity contribution in [1.29, 1.82) is 0 Å². The minimum absolute atomic E-state index is 0.291. The van der Waals surface area contributed by atoms with E-state index >= 15 is 0 Å². The van der Waals surface area contributed by atoms with Crippen molar-refractivity contribution >= 4 is 39.8 Å². The van der Waals surface area contributed by atoms with E-state index in [1.807, 2.05) is 26.0 Å². The van der Waals surface area contributed by atoms with E-state index in [0.29, 0.717) is 27.8 Å². The fourth-order valence-corrected chi connectivity index (χ4v) is 5.03. The lowest BCUT2D eigenvalue weighted by atomic mass is 9.95. The van der Waals surface area contributed by atoms with E-state index in [2.05, 4.69) is 20.6 Å². The van der Waals surface area contributed by atoms with Crippen LogP contribution >= 0.6 is 11.3 Å². The van der Waals surface area contributed by atoms with Crippen molar-refractivity contribution in [2.24, 2.45) is 5.73 Å². The molecule has 2 amide bonds. The minimum Gasteiger partial charge on any atom is -0.365 e. The Hall–Kier alpha value is -3.26. The van der Waals surface area contributed by atoms with Gasteiger partial charge in [-0.1, -0.05) is 6.07 Å². The number of primary amides is 1. The SMILES string of the molecule is Cc1cc(C)nc(Nc2cccc(C(=O)Nc3sc4c(c3C(N)=O)CCCC4)c2)n1. The molecule has 0 radical (unpaired) electrons. The standard InChI is InChI=1S/C22H23N5O2S/c1-12-10-13(2)25-22(24-12)26-15-7-5-6-14(11-15)20(29)27-21-18(19(23)28)16-8-3-4-9-17(16)30-21/h5-7,10-11H,3-4,8-9H2,1-2H3,(H2,23,28)(H,27,29)(H,24,25,26). The summed E-state index contributed by atoms with van der Waals surface area (Å²) in [6, 6.07) is 8.98. The Morgan fingerprint density at radius 2 is 1.80 bits per heavy atom. The predicted molar refractivity (Wildman–Crippen MR) is 119 cm³/mol. The number of anilines is 3. The molecular formula is C22H23N5O2S. The molecule has 0 unspecified atom stereocenters. The maximum atomic E-state index is 12.9. The van der Waals surface area contributed by atoms with Crippen LogP contribution in [0.15, 0.2) is 30.3 Å². The number of hydrogen-bond acceptors (Lipinski definition) is 6. The zero-order chi connectivity index (χ0) is 21.3. The fraction of sp³-hybridized carbons (Fsp3) is 0.273. The Morgan fingerprint density at radius 1 is 1.07 bits per heavy atom. The van der Waals surface area contributed by atoms with Gasteiger partial charge in [0, 0.05) is 27.5 Å². The number of amides is 2. The van der Waals surface area contributed by atoms with E-state index in [0.717, 1.165) is 47.5 Å². The first-order valence-electron chi connectivity index (χ1n) is 9.86. The molecule has 1 aliphatic rings. The molecule has 8 heteroatoms. The molecule has 0 spiro atoms. The summed E-state index contributed by atoms with van der Waals surface area (Å²) in [4.78, 5) is 34.8. The number of nitrogens with one attached hydrogen (secondary N) is 2. The van der Waals surface area contributed by atoms with Gasteiger partial charge in [-0.3, -0.25) is 9.59 Å². The largest absolute Gasteiger partial charge is 0.365 e. The third-order valence-electron chi connectivity index (χ3n) is 5.01. The summed E-state index contributed by atoms with van der Waals surface area (Å²) in [7, 11) is 0. The van der Waals surface area contributed by atoms with Crippen molar-refractivity contribution in [2.75, 3.05) is 10.6 Å². The lowest BCUT2D eigenvalue weighted by Gasteiger charge is -2.11. The van der Waals surface area contributed by atoms with Crippen LogP contribution in [0.25, 0.3) is 0 Å². The summed E-state index contributed by atoms with van der Waals surface area (Å²) in [6.07, 6.45) is 3.87. The lowest BCUT2D eigenvalue weighted by molar-refractivity contribution is 0.100. The third-order valence-corrected chi connectivity index (χ3v) is 6.22. The van der Waals surface area contributed by atoms with Crippen LogP contribution in [0, 0.1) is 13.8 Å². The Morgan fingerprint density at radius 3 is 2.53 bits per heavy atom. The third kappa shape index (κ3) is 4.18. The zero-order valence-electron chi connectivity index (χ0n) is 16.9. The normalized spacial score (nSPS) is 12.9. The highest BCUT2D eigenvalue weighted by molar-refractivity contribution is 7.17. The Kier molecular flexibility index (Phi) is 5.50. The van der Waals surface area contributed by atoms with Crippen LogP contribution in [0.2, 0.25) is 0 Å². The van der Waals surface area contributed by atoms with Gasteiger partial charge in [-0.15, -0.1) is 11.3 Å². The van der Waals surface area contributed by atoms with Gasteiger partial charge >= 0.3 is 0 Å². The lowest BCUT2D eigenvalue weighted by Crippen LogP contribution is -2.18. The van der Waals surface area contributed by atoms with Gasteiger partial charge in [-0.2, -0.15) is 0 Å². The molecule has 0 atom stereocenters. The van der Waals surface area contributed by atoms with Gasteiger partial charge in [0.25, 0.3) is 11.8 Å². The van der Waals surface area contributed by atoms with E-state index in [1.54, 1.807) is 18.2 Å². The molecular weight excluding hydrogens is 398 g/mol. The van der Waals surface area contributed by atoms with Gasteiger partial charge in [0.1, 0.15) is 5.00 Å². The molecule has 1 aliphatic carbocycles. The second-order valence-corrected chi connectivity index (χ2v) is 8.52. The second kappa shape index (κ2) is 8.23. The van der Waals surface area contributed by atoms with Crippen LogP contribution in [0.4, 0.5) is 16.6 Å². The van der Waals surface area contributed by atoms with Gasteiger partial charge in [0.15, 0.2) is 0 Å². The number of aryl methyl sites for hydroxylation is 3. The number of carbonyl (C=O) groups is 2. The van der Waals surface area contributed by atoms with E-state index in [-0.39, 0.29) is 5.91 Å². The van der Waals surface area contributed by atoms with Crippen LogP contribution in [-0.4, -0.2) is 21.8 Å². The molecule has 4 rings (SSSR count). The molecule has 7 nitrogen and oxygen atoms in total. The Bertz CT molecular complexity index is 1120. The minimum atomic E-state index is -0.493. The number of fused-ring (bicyclic) bond motifs is 1. The first-order valence-corrected chi connectivity index (χ1v) is 10.7. The highest BCUT2D eigenvalue weighted by atomic mass is 32.1. The number of nitrogens with two attached hydrogens (primary N) is 1. The number of benzene rings is 1. The number of carbonyl (C=O) groups excluding carboxylic acids is 2. The van der Waals surface area contributed by atoms with Gasteiger partial charge in [0.05, 0.1) is 5.56 Å².